The Morgan fingerprint density at radius 2 is 1.86 bits per heavy atom. The molecule has 5 nitrogen and oxygen atoms in total. The van der Waals surface area contributed by atoms with E-state index in [9.17, 15) is 9.50 Å². The SMILES string of the molecule is CC(O)c1ccccc1-c1cnc(N)c(OC(C)c2c(Cl)ccc(F)c2Cl)n1. The molecule has 0 saturated carbocycles. The van der Waals surface area contributed by atoms with E-state index >= 15 is 0 Å². The summed E-state index contributed by atoms with van der Waals surface area (Å²) in [6.07, 6.45) is 0.0780. The highest BCUT2D eigenvalue weighted by Crippen LogP contribution is 2.36. The fraction of sp³-hybridized carbons (Fsp3) is 0.200. The summed E-state index contributed by atoms with van der Waals surface area (Å²) in [6, 6.07) is 9.85. The summed E-state index contributed by atoms with van der Waals surface area (Å²) in [5.41, 5.74) is 8.07. The van der Waals surface area contributed by atoms with E-state index in [4.69, 9.17) is 33.7 Å². The first-order valence-corrected chi connectivity index (χ1v) is 9.25. The zero-order valence-corrected chi connectivity index (χ0v) is 16.7. The summed E-state index contributed by atoms with van der Waals surface area (Å²) in [7, 11) is 0. The van der Waals surface area contributed by atoms with Crippen LogP contribution in [-0.4, -0.2) is 15.1 Å². The number of hydrogen-bond donors (Lipinski definition) is 2. The molecule has 28 heavy (non-hydrogen) atoms. The van der Waals surface area contributed by atoms with Gasteiger partial charge in [-0.1, -0.05) is 47.5 Å². The topological polar surface area (TPSA) is 81.3 Å². The highest BCUT2D eigenvalue weighted by Gasteiger charge is 2.21. The Morgan fingerprint density at radius 1 is 1.14 bits per heavy atom. The number of aromatic nitrogens is 2. The number of halogens is 3. The molecule has 3 aromatic rings. The van der Waals surface area contributed by atoms with Gasteiger partial charge in [-0.15, -0.1) is 0 Å². The summed E-state index contributed by atoms with van der Waals surface area (Å²) in [5.74, 6) is -0.481. The molecule has 8 heteroatoms. The number of rotatable bonds is 5. The van der Waals surface area contributed by atoms with Gasteiger partial charge >= 0.3 is 0 Å². The van der Waals surface area contributed by atoms with E-state index in [2.05, 4.69) is 9.97 Å². The molecule has 3 N–H and O–H groups in total. The number of hydrogen-bond acceptors (Lipinski definition) is 5. The maximum Gasteiger partial charge on any atom is 0.258 e. The first-order chi connectivity index (χ1) is 13.3. The first-order valence-electron chi connectivity index (χ1n) is 8.49. The molecule has 0 amide bonds. The minimum Gasteiger partial charge on any atom is -0.467 e. The number of nitrogens with zero attached hydrogens (tertiary/aromatic N) is 2. The van der Waals surface area contributed by atoms with Crippen molar-refractivity contribution < 1.29 is 14.2 Å². The van der Waals surface area contributed by atoms with Gasteiger partial charge in [-0.3, -0.25) is 0 Å². The molecule has 1 heterocycles. The minimum atomic E-state index is -0.727. The lowest BCUT2D eigenvalue weighted by atomic mass is 10.0. The van der Waals surface area contributed by atoms with Gasteiger partial charge in [-0.25, -0.2) is 14.4 Å². The average molecular weight is 422 g/mol. The predicted octanol–water partition coefficient (Wildman–Crippen LogP) is 5.37. The molecule has 0 spiro atoms. The summed E-state index contributed by atoms with van der Waals surface area (Å²) >= 11 is 12.2. The van der Waals surface area contributed by atoms with Crippen LogP contribution >= 0.6 is 23.2 Å². The second-order valence-corrected chi connectivity index (χ2v) is 7.01. The monoisotopic (exact) mass is 421 g/mol. The van der Waals surface area contributed by atoms with Gasteiger partial charge in [-0.05, 0) is 31.5 Å². The van der Waals surface area contributed by atoms with Crippen LogP contribution in [0.3, 0.4) is 0 Å². The maximum absolute atomic E-state index is 13.8. The zero-order valence-electron chi connectivity index (χ0n) is 15.2. The lowest BCUT2D eigenvalue weighted by Gasteiger charge is -2.19. The van der Waals surface area contributed by atoms with E-state index in [0.29, 0.717) is 22.4 Å². The Hall–Kier alpha value is -2.41. The fourth-order valence-electron chi connectivity index (χ4n) is 2.83. The van der Waals surface area contributed by atoms with Crippen molar-refractivity contribution in [3.8, 4) is 17.1 Å². The molecule has 0 aliphatic rings. The van der Waals surface area contributed by atoms with E-state index in [1.165, 1.54) is 18.3 Å². The quantitative estimate of drug-likeness (QED) is 0.541. The number of aliphatic hydroxyl groups excluding tert-OH is 1. The first kappa shape index (κ1) is 20.3. The van der Waals surface area contributed by atoms with E-state index < -0.39 is 18.0 Å². The van der Waals surface area contributed by atoms with Gasteiger partial charge in [0, 0.05) is 16.1 Å². The molecule has 0 radical (unpaired) electrons. The van der Waals surface area contributed by atoms with Gasteiger partial charge in [0.05, 0.1) is 23.0 Å². The third kappa shape index (κ3) is 4.04. The normalized spacial score (nSPS) is 13.2. The molecule has 0 bridgehead atoms. The standard InChI is InChI=1S/C20H18Cl2FN3O2/c1-10(27)12-5-3-4-6-13(12)16-9-25-19(24)20(26-16)28-11(2)17-14(21)7-8-15(23)18(17)22/h3-11,27H,1-2H3,(H2,24,25). The molecule has 0 fully saturated rings. The lowest BCUT2D eigenvalue weighted by molar-refractivity contribution is 0.199. The predicted molar refractivity (Wildman–Crippen MR) is 108 cm³/mol. The summed E-state index contributed by atoms with van der Waals surface area (Å²) < 4.78 is 19.6. The lowest BCUT2D eigenvalue weighted by Crippen LogP contribution is -2.10. The van der Waals surface area contributed by atoms with Gasteiger partial charge in [0.2, 0.25) is 0 Å². The van der Waals surface area contributed by atoms with Gasteiger partial charge in [0.1, 0.15) is 11.9 Å². The Balaban J connectivity index is 1.99. The van der Waals surface area contributed by atoms with Crippen LogP contribution in [-0.2, 0) is 0 Å². The maximum atomic E-state index is 13.8. The second kappa shape index (κ2) is 8.31. The summed E-state index contributed by atoms with van der Waals surface area (Å²) in [4.78, 5) is 8.57. The van der Waals surface area contributed by atoms with E-state index in [1.807, 2.05) is 18.2 Å². The molecular formula is C20H18Cl2FN3O2. The Labute approximate surface area is 171 Å². The molecule has 2 atom stereocenters. The highest BCUT2D eigenvalue weighted by molar-refractivity contribution is 6.36. The molecule has 1 aromatic heterocycles. The van der Waals surface area contributed by atoms with Gasteiger partial charge in [-0.2, -0.15) is 0 Å². The van der Waals surface area contributed by atoms with Crippen molar-refractivity contribution in [2.24, 2.45) is 0 Å². The number of nitrogen functional groups attached to an aromatic ring is 1. The van der Waals surface area contributed by atoms with E-state index in [0.717, 1.165) is 0 Å². The average Bonchev–Trinajstić information content (AvgIpc) is 2.67. The van der Waals surface area contributed by atoms with Crippen LogP contribution in [0.5, 0.6) is 5.88 Å². The van der Waals surface area contributed by atoms with Crippen molar-refractivity contribution in [2.75, 3.05) is 5.73 Å². The van der Waals surface area contributed by atoms with E-state index in [1.54, 1.807) is 19.9 Å². The van der Waals surface area contributed by atoms with Crippen LogP contribution in [0.25, 0.3) is 11.3 Å². The van der Waals surface area contributed by atoms with Crippen molar-refractivity contribution in [1.82, 2.24) is 9.97 Å². The molecular weight excluding hydrogens is 404 g/mol. The Bertz CT molecular complexity index is 1010. The molecule has 2 aromatic carbocycles. The molecule has 0 aliphatic carbocycles. The van der Waals surface area contributed by atoms with Crippen LogP contribution in [0.4, 0.5) is 10.2 Å². The molecule has 0 saturated heterocycles. The van der Waals surface area contributed by atoms with Gasteiger partial charge < -0.3 is 15.6 Å². The van der Waals surface area contributed by atoms with Crippen molar-refractivity contribution >= 4 is 29.0 Å². The third-order valence-electron chi connectivity index (χ3n) is 4.23. The van der Waals surface area contributed by atoms with Crippen LogP contribution in [0.1, 0.15) is 37.2 Å². The largest absolute Gasteiger partial charge is 0.467 e. The number of anilines is 1. The minimum absolute atomic E-state index is 0.0572. The van der Waals surface area contributed by atoms with Gasteiger partial charge in [0.15, 0.2) is 5.82 Å². The number of nitrogens with two attached hydrogens (primary N) is 1. The molecule has 2 unspecified atom stereocenters. The number of benzene rings is 2. The zero-order chi connectivity index (χ0) is 20.4. The molecule has 3 rings (SSSR count). The van der Waals surface area contributed by atoms with Crippen LogP contribution in [0.15, 0.2) is 42.6 Å². The number of ether oxygens (including phenoxy) is 1. The van der Waals surface area contributed by atoms with Crippen molar-refractivity contribution in [1.29, 1.82) is 0 Å². The van der Waals surface area contributed by atoms with Crippen LogP contribution < -0.4 is 10.5 Å². The van der Waals surface area contributed by atoms with Gasteiger partial charge in [0.25, 0.3) is 5.88 Å². The van der Waals surface area contributed by atoms with Crippen molar-refractivity contribution in [3.63, 3.8) is 0 Å². The number of aliphatic hydroxyl groups is 1. The summed E-state index contributed by atoms with van der Waals surface area (Å²) in [6.45, 7) is 3.32. The molecule has 0 aliphatic heterocycles. The van der Waals surface area contributed by atoms with E-state index in [-0.39, 0.29) is 21.7 Å². The third-order valence-corrected chi connectivity index (χ3v) is 4.94. The highest BCUT2D eigenvalue weighted by atomic mass is 35.5. The smallest absolute Gasteiger partial charge is 0.258 e. The van der Waals surface area contributed by atoms with Crippen molar-refractivity contribution in [2.45, 2.75) is 26.1 Å². The summed E-state index contributed by atoms with van der Waals surface area (Å²) in [5, 5.41) is 10.1. The second-order valence-electron chi connectivity index (χ2n) is 6.23. The Morgan fingerprint density at radius 3 is 2.57 bits per heavy atom. The van der Waals surface area contributed by atoms with Crippen LogP contribution in [0, 0.1) is 5.82 Å². The van der Waals surface area contributed by atoms with Crippen LogP contribution in [0.2, 0.25) is 10.0 Å². The van der Waals surface area contributed by atoms with Crippen molar-refractivity contribution in [3.05, 3.63) is 69.6 Å². The fourth-order valence-corrected chi connectivity index (χ4v) is 3.51. The Kier molecular flexibility index (Phi) is 6.03. The molecule has 146 valence electrons.